The van der Waals surface area contributed by atoms with Gasteiger partial charge >= 0.3 is 0 Å². The lowest BCUT2D eigenvalue weighted by Crippen LogP contribution is -2.50. The molecule has 3 heterocycles. The Hall–Kier alpha value is -3.00. The molecule has 2 aromatic rings. The minimum atomic E-state index is 0.137. The standard InChI is InChI=1S/C23H28N6O2/c1-27-20-6-2-16(12-17(20)3-7-23(27)31)19-13-24-14-21(26-19)29-10-8-28(9-11-29)15-22(30)25-18-4-5-18/h2,6,12-14,18H,3-5,7-11,15H2,1H3,(H,25,30). The molecule has 162 valence electrons. The number of nitrogens with zero attached hydrogens (tertiary/aromatic N) is 5. The lowest BCUT2D eigenvalue weighted by molar-refractivity contribution is -0.122. The van der Waals surface area contributed by atoms with Crippen molar-refractivity contribution in [2.45, 2.75) is 31.7 Å². The molecule has 0 unspecified atom stereocenters. The van der Waals surface area contributed by atoms with E-state index in [0.29, 0.717) is 19.0 Å². The molecule has 1 aromatic carbocycles. The van der Waals surface area contributed by atoms with Gasteiger partial charge in [-0.3, -0.25) is 19.5 Å². The number of anilines is 2. The topological polar surface area (TPSA) is 81.7 Å². The van der Waals surface area contributed by atoms with E-state index in [9.17, 15) is 9.59 Å². The van der Waals surface area contributed by atoms with Crippen molar-refractivity contribution in [1.29, 1.82) is 0 Å². The van der Waals surface area contributed by atoms with E-state index in [1.807, 2.05) is 25.4 Å². The zero-order valence-corrected chi connectivity index (χ0v) is 17.9. The average Bonchev–Trinajstić information content (AvgIpc) is 3.60. The maximum absolute atomic E-state index is 12.0. The lowest BCUT2D eigenvalue weighted by atomic mass is 9.98. The first-order valence-electron chi connectivity index (χ1n) is 11.1. The number of piperazine rings is 1. The quantitative estimate of drug-likeness (QED) is 0.789. The molecule has 2 amide bonds. The Morgan fingerprint density at radius 1 is 1.13 bits per heavy atom. The van der Waals surface area contributed by atoms with Crippen LogP contribution in [0.3, 0.4) is 0 Å². The molecule has 0 atom stereocenters. The first kappa shape index (κ1) is 19.9. The number of aryl methyl sites for hydroxylation is 1. The number of hydrogen-bond donors (Lipinski definition) is 1. The SMILES string of the molecule is CN1C(=O)CCc2cc(-c3cncc(N4CCN(CC(=O)NC5CC5)CC4)n3)ccc21. The smallest absolute Gasteiger partial charge is 0.234 e. The van der Waals surface area contributed by atoms with Crippen molar-refractivity contribution in [1.82, 2.24) is 20.2 Å². The molecule has 1 aliphatic carbocycles. The van der Waals surface area contributed by atoms with Gasteiger partial charge in [0, 0.05) is 56.9 Å². The molecule has 1 aromatic heterocycles. The highest BCUT2D eigenvalue weighted by atomic mass is 16.2. The van der Waals surface area contributed by atoms with E-state index in [1.165, 1.54) is 5.56 Å². The summed E-state index contributed by atoms with van der Waals surface area (Å²) >= 11 is 0. The van der Waals surface area contributed by atoms with Gasteiger partial charge in [-0.25, -0.2) is 4.98 Å². The number of hydrogen-bond acceptors (Lipinski definition) is 6. The van der Waals surface area contributed by atoms with Crippen molar-refractivity contribution >= 4 is 23.3 Å². The van der Waals surface area contributed by atoms with Gasteiger partial charge in [0.2, 0.25) is 11.8 Å². The zero-order chi connectivity index (χ0) is 21.4. The summed E-state index contributed by atoms with van der Waals surface area (Å²) in [4.78, 5) is 39.4. The van der Waals surface area contributed by atoms with Gasteiger partial charge in [0.05, 0.1) is 24.6 Å². The molecule has 5 rings (SSSR count). The highest BCUT2D eigenvalue weighted by molar-refractivity contribution is 5.96. The third-order valence-corrected chi connectivity index (χ3v) is 6.35. The van der Waals surface area contributed by atoms with Gasteiger partial charge in [-0.2, -0.15) is 0 Å². The van der Waals surface area contributed by atoms with Gasteiger partial charge in [0.1, 0.15) is 5.82 Å². The van der Waals surface area contributed by atoms with Gasteiger partial charge in [-0.1, -0.05) is 6.07 Å². The van der Waals surface area contributed by atoms with E-state index in [4.69, 9.17) is 4.98 Å². The Kier molecular flexibility index (Phi) is 5.31. The maximum Gasteiger partial charge on any atom is 0.234 e. The van der Waals surface area contributed by atoms with Crippen LogP contribution in [0.2, 0.25) is 0 Å². The van der Waals surface area contributed by atoms with Crippen LogP contribution < -0.4 is 15.1 Å². The molecule has 1 N–H and O–H groups in total. The number of rotatable bonds is 5. The second kappa shape index (κ2) is 8.26. The van der Waals surface area contributed by atoms with Crippen LogP contribution in [0.4, 0.5) is 11.5 Å². The molecule has 2 aliphatic heterocycles. The monoisotopic (exact) mass is 420 g/mol. The molecule has 31 heavy (non-hydrogen) atoms. The fraction of sp³-hybridized carbons (Fsp3) is 0.478. The number of aromatic nitrogens is 2. The van der Waals surface area contributed by atoms with Crippen LogP contribution in [0.15, 0.2) is 30.6 Å². The van der Waals surface area contributed by atoms with Crippen LogP contribution in [-0.2, 0) is 16.0 Å². The molecular formula is C23H28N6O2. The van der Waals surface area contributed by atoms with Gasteiger partial charge in [-0.15, -0.1) is 0 Å². The molecular weight excluding hydrogens is 392 g/mol. The molecule has 8 heteroatoms. The first-order chi connectivity index (χ1) is 15.1. The molecule has 1 saturated heterocycles. The minimum absolute atomic E-state index is 0.137. The molecule has 2 fully saturated rings. The normalized spacial score (nSPS) is 19.3. The lowest BCUT2D eigenvalue weighted by Gasteiger charge is -2.35. The van der Waals surface area contributed by atoms with Crippen molar-refractivity contribution in [3.8, 4) is 11.3 Å². The predicted octanol–water partition coefficient (Wildman–Crippen LogP) is 1.45. The van der Waals surface area contributed by atoms with Crippen LogP contribution in [-0.4, -0.2) is 72.5 Å². The van der Waals surface area contributed by atoms with E-state index >= 15 is 0 Å². The fourth-order valence-corrected chi connectivity index (χ4v) is 4.30. The maximum atomic E-state index is 12.0. The zero-order valence-electron chi connectivity index (χ0n) is 17.9. The van der Waals surface area contributed by atoms with Gasteiger partial charge in [0.25, 0.3) is 0 Å². The summed E-state index contributed by atoms with van der Waals surface area (Å²) in [6, 6.07) is 6.55. The number of amides is 2. The summed E-state index contributed by atoms with van der Waals surface area (Å²) in [6.07, 6.45) is 7.14. The number of carbonyl (C=O) groups is 2. The van der Waals surface area contributed by atoms with Crippen molar-refractivity contribution in [2.75, 3.05) is 49.6 Å². The van der Waals surface area contributed by atoms with E-state index in [1.54, 1.807) is 11.1 Å². The van der Waals surface area contributed by atoms with Crippen LogP contribution >= 0.6 is 0 Å². The summed E-state index contributed by atoms with van der Waals surface area (Å²) in [5.74, 6) is 1.16. The van der Waals surface area contributed by atoms with Crippen LogP contribution in [0, 0.1) is 0 Å². The largest absolute Gasteiger partial charge is 0.353 e. The molecule has 0 radical (unpaired) electrons. The summed E-state index contributed by atoms with van der Waals surface area (Å²) in [6.45, 7) is 3.80. The molecule has 0 spiro atoms. The third-order valence-electron chi connectivity index (χ3n) is 6.35. The summed E-state index contributed by atoms with van der Waals surface area (Å²) in [7, 11) is 1.83. The highest BCUT2D eigenvalue weighted by Gasteiger charge is 2.26. The van der Waals surface area contributed by atoms with E-state index in [0.717, 1.165) is 68.2 Å². The van der Waals surface area contributed by atoms with Gasteiger partial charge < -0.3 is 15.1 Å². The Morgan fingerprint density at radius 2 is 1.94 bits per heavy atom. The first-order valence-corrected chi connectivity index (χ1v) is 11.1. The van der Waals surface area contributed by atoms with Crippen molar-refractivity contribution in [3.05, 3.63) is 36.2 Å². The van der Waals surface area contributed by atoms with Crippen LogP contribution in [0.25, 0.3) is 11.3 Å². The molecule has 8 nitrogen and oxygen atoms in total. The average molecular weight is 421 g/mol. The Balaban J connectivity index is 1.25. The van der Waals surface area contributed by atoms with Crippen molar-refractivity contribution < 1.29 is 9.59 Å². The van der Waals surface area contributed by atoms with Crippen LogP contribution in [0.1, 0.15) is 24.8 Å². The number of benzene rings is 1. The Bertz CT molecular complexity index is 997. The Morgan fingerprint density at radius 3 is 2.71 bits per heavy atom. The second-order valence-electron chi connectivity index (χ2n) is 8.66. The fourth-order valence-electron chi connectivity index (χ4n) is 4.30. The Labute approximate surface area is 182 Å². The number of fused-ring (bicyclic) bond motifs is 1. The van der Waals surface area contributed by atoms with Crippen LogP contribution in [0.5, 0.6) is 0 Å². The van der Waals surface area contributed by atoms with Gasteiger partial charge in [0.15, 0.2) is 0 Å². The number of carbonyl (C=O) groups excluding carboxylic acids is 2. The third kappa shape index (κ3) is 4.39. The second-order valence-corrected chi connectivity index (χ2v) is 8.66. The molecule has 3 aliphatic rings. The van der Waals surface area contributed by atoms with Crippen molar-refractivity contribution in [2.24, 2.45) is 0 Å². The molecule has 0 bridgehead atoms. The summed E-state index contributed by atoms with van der Waals surface area (Å²) in [5, 5.41) is 3.06. The van der Waals surface area contributed by atoms with Crippen molar-refractivity contribution in [3.63, 3.8) is 0 Å². The van der Waals surface area contributed by atoms with Gasteiger partial charge in [-0.05, 0) is 37.0 Å². The van der Waals surface area contributed by atoms with E-state index in [-0.39, 0.29) is 11.8 Å². The number of nitrogens with one attached hydrogen (secondary N) is 1. The predicted molar refractivity (Wildman–Crippen MR) is 119 cm³/mol. The van der Waals surface area contributed by atoms with E-state index < -0.39 is 0 Å². The summed E-state index contributed by atoms with van der Waals surface area (Å²) < 4.78 is 0. The minimum Gasteiger partial charge on any atom is -0.353 e. The highest BCUT2D eigenvalue weighted by Crippen LogP contribution is 2.31. The van der Waals surface area contributed by atoms with E-state index in [2.05, 4.69) is 26.2 Å². The summed E-state index contributed by atoms with van der Waals surface area (Å²) in [5.41, 5.74) is 4.01. The molecule has 1 saturated carbocycles.